The summed E-state index contributed by atoms with van der Waals surface area (Å²) in [5.41, 5.74) is 1.02. The van der Waals surface area contributed by atoms with Crippen molar-refractivity contribution in [2.75, 3.05) is 13.6 Å². The lowest BCUT2D eigenvalue weighted by molar-refractivity contribution is -0.131. The molecule has 1 aromatic heterocycles. The Morgan fingerprint density at radius 3 is 2.62 bits per heavy atom. The highest BCUT2D eigenvalue weighted by Gasteiger charge is 2.20. The molecule has 0 spiro atoms. The molecule has 0 bridgehead atoms. The van der Waals surface area contributed by atoms with Crippen molar-refractivity contribution in [3.05, 3.63) is 45.9 Å². The van der Waals surface area contributed by atoms with Gasteiger partial charge in [-0.05, 0) is 32.9 Å². The second-order valence-electron chi connectivity index (χ2n) is 6.57. The zero-order valence-corrected chi connectivity index (χ0v) is 15.4. The van der Waals surface area contributed by atoms with Gasteiger partial charge in [0.15, 0.2) is 0 Å². The van der Waals surface area contributed by atoms with E-state index in [9.17, 15) is 9.90 Å². The molecule has 130 valence electrons. The topological polar surface area (TPSA) is 62.7 Å². The van der Waals surface area contributed by atoms with Gasteiger partial charge in [0.2, 0.25) is 5.91 Å². The molecule has 0 radical (unpaired) electrons. The molecule has 0 saturated heterocycles. The molecule has 5 nitrogen and oxygen atoms in total. The molecule has 6 heteroatoms. The Labute approximate surface area is 146 Å². The van der Waals surface area contributed by atoms with Crippen molar-refractivity contribution in [3.63, 3.8) is 0 Å². The van der Waals surface area contributed by atoms with Crippen LogP contribution in [-0.4, -0.2) is 40.1 Å². The van der Waals surface area contributed by atoms with Crippen molar-refractivity contribution in [1.29, 1.82) is 0 Å². The number of aromatic nitrogens is 1. The number of carbonyl (C=O) groups is 1. The predicted molar refractivity (Wildman–Crippen MR) is 95.3 cm³/mol. The number of amides is 1. The van der Waals surface area contributed by atoms with Gasteiger partial charge in [-0.25, -0.2) is 4.98 Å². The summed E-state index contributed by atoms with van der Waals surface area (Å²) in [7, 11) is 1.69. The second-order valence-corrected chi connectivity index (χ2v) is 7.52. The van der Waals surface area contributed by atoms with Crippen molar-refractivity contribution >= 4 is 17.2 Å². The van der Waals surface area contributed by atoms with Gasteiger partial charge in [-0.3, -0.25) is 4.79 Å². The van der Waals surface area contributed by atoms with Crippen molar-refractivity contribution in [3.8, 4) is 5.75 Å². The van der Waals surface area contributed by atoms with Gasteiger partial charge in [0, 0.05) is 19.0 Å². The molecule has 0 saturated carbocycles. The van der Waals surface area contributed by atoms with E-state index in [-0.39, 0.29) is 12.3 Å². The molecular formula is C18H24N2O3S. The fourth-order valence-electron chi connectivity index (χ4n) is 2.23. The molecule has 0 aliphatic heterocycles. The number of carbonyl (C=O) groups excluding carboxylic acids is 1. The number of aliphatic hydroxyl groups is 1. The molecule has 0 unspecified atom stereocenters. The summed E-state index contributed by atoms with van der Waals surface area (Å²) in [6, 6.07) is 7.86. The minimum absolute atomic E-state index is 0.0616. The maximum atomic E-state index is 12.2. The van der Waals surface area contributed by atoms with Gasteiger partial charge in [0.1, 0.15) is 17.4 Å². The van der Waals surface area contributed by atoms with Crippen LogP contribution in [0.4, 0.5) is 0 Å². The summed E-state index contributed by atoms with van der Waals surface area (Å²) in [5.74, 6) is 0.742. The number of benzene rings is 1. The van der Waals surface area contributed by atoms with E-state index in [1.165, 1.54) is 21.8 Å². The number of rotatable bonds is 7. The van der Waals surface area contributed by atoms with Gasteiger partial charge in [0.25, 0.3) is 0 Å². The fourth-order valence-corrected chi connectivity index (χ4v) is 2.94. The van der Waals surface area contributed by atoms with Crippen LogP contribution in [0.3, 0.4) is 0 Å². The van der Waals surface area contributed by atoms with Gasteiger partial charge in [-0.2, -0.15) is 0 Å². The summed E-state index contributed by atoms with van der Waals surface area (Å²) in [4.78, 5) is 18.1. The van der Waals surface area contributed by atoms with E-state index in [4.69, 9.17) is 4.74 Å². The lowest BCUT2D eigenvalue weighted by Gasteiger charge is -2.25. The molecule has 2 aromatic rings. The normalized spacial score (nSPS) is 11.4. The van der Waals surface area contributed by atoms with Crippen LogP contribution >= 0.6 is 11.3 Å². The van der Waals surface area contributed by atoms with Gasteiger partial charge >= 0.3 is 0 Å². The number of hydrogen-bond donors (Lipinski definition) is 1. The number of hydrogen-bond acceptors (Lipinski definition) is 5. The molecule has 0 aliphatic rings. The molecule has 0 atom stereocenters. The SMILES string of the molecule is Cc1ccc(OCc2nc(CC(=O)N(C)CC(C)(C)O)cs2)cc1. The van der Waals surface area contributed by atoms with Crippen LogP contribution in [0.1, 0.15) is 30.1 Å². The predicted octanol–water partition coefficient (Wildman–Crippen LogP) is 2.80. The van der Waals surface area contributed by atoms with E-state index in [1.54, 1.807) is 20.9 Å². The van der Waals surface area contributed by atoms with E-state index in [0.717, 1.165) is 16.5 Å². The van der Waals surface area contributed by atoms with Crippen LogP contribution in [0.2, 0.25) is 0 Å². The number of likely N-dealkylation sites (N-methyl/N-ethyl adjacent to an activating group) is 1. The van der Waals surface area contributed by atoms with Crippen molar-refractivity contribution in [1.82, 2.24) is 9.88 Å². The van der Waals surface area contributed by atoms with Crippen LogP contribution in [0.15, 0.2) is 29.6 Å². The molecule has 0 aliphatic carbocycles. The Hall–Kier alpha value is -1.92. The summed E-state index contributed by atoms with van der Waals surface area (Å²) in [5, 5.41) is 12.5. The minimum atomic E-state index is -0.903. The first-order chi connectivity index (χ1) is 11.2. The molecule has 1 N–H and O–H groups in total. The number of thiazole rings is 1. The Bertz CT molecular complexity index is 674. The van der Waals surface area contributed by atoms with E-state index in [1.807, 2.05) is 36.6 Å². The van der Waals surface area contributed by atoms with Crippen molar-refractivity contribution in [2.24, 2.45) is 0 Å². The lowest BCUT2D eigenvalue weighted by atomic mass is 10.1. The van der Waals surface area contributed by atoms with E-state index in [2.05, 4.69) is 4.98 Å². The van der Waals surface area contributed by atoms with Crippen LogP contribution < -0.4 is 4.74 Å². The molecule has 24 heavy (non-hydrogen) atoms. The van der Waals surface area contributed by atoms with Crippen LogP contribution in [0.5, 0.6) is 5.75 Å². The van der Waals surface area contributed by atoms with E-state index >= 15 is 0 Å². The molecule has 1 heterocycles. The quantitative estimate of drug-likeness (QED) is 0.836. The highest BCUT2D eigenvalue weighted by atomic mass is 32.1. The minimum Gasteiger partial charge on any atom is -0.486 e. The first-order valence-electron chi connectivity index (χ1n) is 7.82. The van der Waals surface area contributed by atoms with Gasteiger partial charge in [-0.15, -0.1) is 11.3 Å². The molecule has 0 fully saturated rings. The summed E-state index contributed by atoms with van der Waals surface area (Å²) < 4.78 is 5.70. The fraction of sp³-hybridized carbons (Fsp3) is 0.444. The Balaban J connectivity index is 1.86. The first-order valence-corrected chi connectivity index (χ1v) is 8.70. The Morgan fingerprint density at radius 1 is 1.33 bits per heavy atom. The standard InChI is InChI=1S/C18H24N2O3S/c1-13-5-7-15(8-6-13)23-10-16-19-14(11-24-16)9-17(21)20(4)12-18(2,3)22/h5-8,11,22H,9-10,12H2,1-4H3. The number of ether oxygens (including phenoxy) is 1. The average Bonchev–Trinajstić information content (AvgIpc) is 2.92. The smallest absolute Gasteiger partial charge is 0.228 e. The Morgan fingerprint density at radius 2 is 2.00 bits per heavy atom. The lowest BCUT2D eigenvalue weighted by Crippen LogP contribution is -2.40. The van der Waals surface area contributed by atoms with Crippen molar-refractivity contribution < 1.29 is 14.6 Å². The van der Waals surface area contributed by atoms with Gasteiger partial charge in [-0.1, -0.05) is 17.7 Å². The molecule has 1 amide bonds. The van der Waals surface area contributed by atoms with Crippen molar-refractivity contribution in [2.45, 2.75) is 39.4 Å². The monoisotopic (exact) mass is 348 g/mol. The zero-order chi connectivity index (χ0) is 17.7. The molecular weight excluding hydrogens is 324 g/mol. The van der Waals surface area contributed by atoms with E-state index < -0.39 is 5.60 Å². The van der Waals surface area contributed by atoms with Gasteiger partial charge < -0.3 is 14.7 Å². The van der Waals surface area contributed by atoms with Crippen LogP contribution in [0, 0.1) is 6.92 Å². The van der Waals surface area contributed by atoms with Crippen LogP contribution in [-0.2, 0) is 17.8 Å². The number of aryl methyl sites for hydroxylation is 1. The number of nitrogens with zero attached hydrogens (tertiary/aromatic N) is 2. The third-order valence-corrected chi connectivity index (χ3v) is 4.24. The zero-order valence-electron chi connectivity index (χ0n) is 14.6. The average molecular weight is 348 g/mol. The maximum absolute atomic E-state index is 12.2. The first kappa shape index (κ1) is 18.4. The second kappa shape index (κ2) is 7.77. The highest BCUT2D eigenvalue weighted by molar-refractivity contribution is 7.09. The largest absolute Gasteiger partial charge is 0.486 e. The Kier molecular flexibility index (Phi) is 5.96. The third kappa shape index (κ3) is 5.94. The summed E-state index contributed by atoms with van der Waals surface area (Å²) in [6.45, 7) is 6.07. The molecule has 2 rings (SSSR count). The summed E-state index contributed by atoms with van der Waals surface area (Å²) in [6.07, 6.45) is 0.230. The maximum Gasteiger partial charge on any atom is 0.228 e. The summed E-state index contributed by atoms with van der Waals surface area (Å²) >= 11 is 1.48. The molecule has 1 aromatic carbocycles. The highest BCUT2D eigenvalue weighted by Crippen LogP contribution is 2.17. The van der Waals surface area contributed by atoms with Crippen LogP contribution in [0.25, 0.3) is 0 Å². The van der Waals surface area contributed by atoms with E-state index in [0.29, 0.717) is 13.2 Å². The third-order valence-electron chi connectivity index (χ3n) is 3.36. The van der Waals surface area contributed by atoms with Gasteiger partial charge in [0.05, 0.1) is 17.7 Å².